The molecule has 1 aromatic carbocycles. The maximum absolute atomic E-state index is 12.1. The summed E-state index contributed by atoms with van der Waals surface area (Å²) in [5.41, 5.74) is 0.438. The first kappa shape index (κ1) is 17.2. The van der Waals surface area contributed by atoms with E-state index in [4.69, 9.17) is 0 Å². The molecule has 0 aliphatic rings. The molecule has 1 unspecified atom stereocenters. The third kappa shape index (κ3) is 4.92. The zero-order chi connectivity index (χ0) is 15.2. The minimum absolute atomic E-state index is 0.0574. The summed E-state index contributed by atoms with van der Waals surface area (Å²) in [4.78, 5) is 11.8. The largest absolute Gasteiger partial charge is 0.294 e. The van der Waals surface area contributed by atoms with Crippen molar-refractivity contribution in [3.63, 3.8) is 0 Å². The quantitative estimate of drug-likeness (QED) is 0.749. The number of hydrogen-bond acceptors (Lipinski definition) is 4. The van der Waals surface area contributed by atoms with Crippen molar-refractivity contribution in [2.45, 2.75) is 36.8 Å². The second kappa shape index (κ2) is 7.81. The second-order valence-electron chi connectivity index (χ2n) is 4.54. The van der Waals surface area contributed by atoms with Crippen LogP contribution < -0.4 is 4.72 Å². The standard InChI is InChI=1S/C14H21NO3S2/c1-4-14(16)12-6-5-7-13(10-12)20(17,18)15-9-8-11(2)19-3/h5-7,10-11,15H,4,8-9H2,1-3H3. The van der Waals surface area contributed by atoms with Gasteiger partial charge in [-0.05, 0) is 24.8 Å². The molecule has 0 heterocycles. The fourth-order valence-corrected chi connectivity index (χ4v) is 3.09. The molecular formula is C14H21NO3S2. The van der Waals surface area contributed by atoms with E-state index in [1.807, 2.05) is 6.26 Å². The lowest BCUT2D eigenvalue weighted by Crippen LogP contribution is -2.26. The Kier molecular flexibility index (Phi) is 6.71. The molecule has 0 saturated carbocycles. The van der Waals surface area contributed by atoms with Crippen LogP contribution in [0.3, 0.4) is 0 Å². The normalized spacial score (nSPS) is 13.2. The van der Waals surface area contributed by atoms with Gasteiger partial charge in [0.1, 0.15) is 0 Å². The van der Waals surface area contributed by atoms with Crippen molar-refractivity contribution < 1.29 is 13.2 Å². The van der Waals surface area contributed by atoms with Crippen LogP contribution >= 0.6 is 11.8 Å². The van der Waals surface area contributed by atoms with Crippen LogP contribution in [0.25, 0.3) is 0 Å². The lowest BCUT2D eigenvalue weighted by Gasteiger charge is -2.10. The minimum atomic E-state index is -3.54. The average molecular weight is 315 g/mol. The zero-order valence-corrected chi connectivity index (χ0v) is 13.7. The molecule has 6 heteroatoms. The summed E-state index contributed by atoms with van der Waals surface area (Å²) in [6.45, 7) is 4.21. The van der Waals surface area contributed by atoms with E-state index in [0.717, 1.165) is 6.42 Å². The third-order valence-electron chi connectivity index (χ3n) is 3.03. The number of ketones is 1. The Morgan fingerprint density at radius 2 is 2.10 bits per heavy atom. The van der Waals surface area contributed by atoms with Crippen molar-refractivity contribution in [2.24, 2.45) is 0 Å². The first-order chi connectivity index (χ1) is 9.40. The molecule has 0 fully saturated rings. The van der Waals surface area contributed by atoms with Crippen molar-refractivity contribution >= 4 is 27.6 Å². The van der Waals surface area contributed by atoms with E-state index in [-0.39, 0.29) is 10.7 Å². The lowest BCUT2D eigenvalue weighted by atomic mass is 10.1. The highest BCUT2D eigenvalue weighted by Gasteiger charge is 2.15. The number of nitrogens with one attached hydrogen (secondary N) is 1. The Morgan fingerprint density at radius 1 is 1.40 bits per heavy atom. The molecule has 0 amide bonds. The second-order valence-corrected chi connectivity index (χ2v) is 7.58. The summed E-state index contributed by atoms with van der Waals surface area (Å²) in [6, 6.07) is 6.18. The number of carbonyl (C=O) groups excluding carboxylic acids is 1. The highest BCUT2D eigenvalue weighted by molar-refractivity contribution is 7.99. The Balaban J connectivity index is 2.79. The van der Waals surface area contributed by atoms with Gasteiger partial charge in [-0.15, -0.1) is 0 Å². The van der Waals surface area contributed by atoms with E-state index in [0.29, 0.717) is 23.8 Å². The van der Waals surface area contributed by atoms with Gasteiger partial charge in [-0.1, -0.05) is 26.0 Å². The van der Waals surface area contributed by atoms with Crippen LogP contribution in [0.1, 0.15) is 37.0 Å². The highest BCUT2D eigenvalue weighted by atomic mass is 32.2. The SMILES string of the molecule is CCC(=O)c1cccc(S(=O)(=O)NCCC(C)SC)c1. The van der Waals surface area contributed by atoms with Crippen molar-refractivity contribution in [3.8, 4) is 0 Å². The molecule has 0 aromatic heterocycles. The predicted molar refractivity (Wildman–Crippen MR) is 83.8 cm³/mol. The molecule has 0 saturated heterocycles. The molecule has 1 aromatic rings. The number of hydrogen-bond donors (Lipinski definition) is 1. The molecule has 0 bridgehead atoms. The van der Waals surface area contributed by atoms with E-state index in [2.05, 4.69) is 11.6 Å². The maximum atomic E-state index is 12.1. The number of rotatable bonds is 8. The lowest BCUT2D eigenvalue weighted by molar-refractivity contribution is 0.0988. The molecule has 0 aliphatic heterocycles. The van der Waals surface area contributed by atoms with Crippen LogP contribution in [0.15, 0.2) is 29.2 Å². The first-order valence-corrected chi connectivity index (χ1v) is 9.33. The van der Waals surface area contributed by atoms with Crippen LogP contribution in [-0.4, -0.2) is 32.3 Å². The zero-order valence-electron chi connectivity index (χ0n) is 12.0. The molecule has 0 radical (unpaired) electrons. The first-order valence-electron chi connectivity index (χ1n) is 6.56. The highest BCUT2D eigenvalue weighted by Crippen LogP contribution is 2.14. The van der Waals surface area contributed by atoms with Crippen molar-refractivity contribution in [2.75, 3.05) is 12.8 Å². The fraction of sp³-hybridized carbons (Fsp3) is 0.500. The average Bonchev–Trinajstić information content (AvgIpc) is 2.46. The number of benzene rings is 1. The molecule has 1 N–H and O–H groups in total. The summed E-state index contributed by atoms with van der Waals surface area (Å²) in [5.74, 6) is -0.0574. The van der Waals surface area contributed by atoms with Gasteiger partial charge >= 0.3 is 0 Å². The molecule has 0 spiro atoms. The summed E-state index contributed by atoms with van der Waals surface area (Å²) >= 11 is 1.70. The Labute approximate surface area is 125 Å². The van der Waals surface area contributed by atoms with E-state index in [9.17, 15) is 13.2 Å². The predicted octanol–water partition coefficient (Wildman–Crippen LogP) is 2.70. The van der Waals surface area contributed by atoms with Crippen molar-refractivity contribution in [3.05, 3.63) is 29.8 Å². The topological polar surface area (TPSA) is 63.2 Å². The Hall–Kier alpha value is -0.850. The van der Waals surface area contributed by atoms with E-state index >= 15 is 0 Å². The third-order valence-corrected chi connectivity index (χ3v) is 5.53. The summed E-state index contributed by atoms with van der Waals surface area (Å²) in [7, 11) is -3.54. The van der Waals surface area contributed by atoms with E-state index < -0.39 is 10.0 Å². The van der Waals surface area contributed by atoms with Gasteiger partial charge in [0.25, 0.3) is 0 Å². The van der Waals surface area contributed by atoms with Crippen LogP contribution in [0.4, 0.5) is 0 Å². The summed E-state index contributed by atoms with van der Waals surface area (Å²) in [5, 5.41) is 0.408. The van der Waals surface area contributed by atoms with Gasteiger partial charge in [-0.3, -0.25) is 4.79 Å². The minimum Gasteiger partial charge on any atom is -0.294 e. The smallest absolute Gasteiger partial charge is 0.240 e. The fourth-order valence-electron chi connectivity index (χ4n) is 1.64. The molecule has 4 nitrogen and oxygen atoms in total. The van der Waals surface area contributed by atoms with Crippen LogP contribution in [-0.2, 0) is 10.0 Å². The van der Waals surface area contributed by atoms with Crippen LogP contribution in [0.5, 0.6) is 0 Å². The van der Waals surface area contributed by atoms with Crippen LogP contribution in [0.2, 0.25) is 0 Å². The maximum Gasteiger partial charge on any atom is 0.240 e. The Morgan fingerprint density at radius 3 is 2.70 bits per heavy atom. The van der Waals surface area contributed by atoms with Crippen molar-refractivity contribution in [1.82, 2.24) is 4.72 Å². The van der Waals surface area contributed by atoms with Gasteiger partial charge in [0.15, 0.2) is 5.78 Å². The van der Waals surface area contributed by atoms with Gasteiger partial charge in [-0.2, -0.15) is 11.8 Å². The summed E-state index contributed by atoms with van der Waals surface area (Å²) < 4.78 is 26.8. The van der Waals surface area contributed by atoms with Crippen molar-refractivity contribution in [1.29, 1.82) is 0 Å². The molecule has 1 atom stereocenters. The monoisotopic (exact) mass is 315 g/mol. The molecule has 20 heavy (non-hydrogen) atoms. The summed E-state index contributed by atoms with van der Waals surface area (Å²) in [6.07, 6.45) is 3.13. The number of Topliss-reactive ketones (excluding diaryl/α,β-unsaturated/α-hetero) is 1. The number of carbonyl (C=O) groups is 1. The van der Waals surface area contributed by atoms with Gasteiger partial charge < -0.3 is 0 Å². The molecule has 0 aliphatic carbocycles. The number of thioether (sulfide) groups is 1. The van der Waals surface area contributed by atoms with Gasteiger partial charge in [0.2, 0.25) is 10.0 Å². The molecular weight excluding hydrogens is 294 g/mol. The molecule has 112 valence electrons. The van der Waals surface area contributed by atoms with E-state index in [1.165, 1.54) is 12.1 Å². The van der Waals surface area contributed by atoms with Gasteiger partial charge in [0, 0.05) is 23.8 Å². The molecule has 1 rings (SSSR count). The van der Waals surface area contributed by atoms with E-state index in [1.54, 1.807) is 30.8 Å². The van der Waals surface area contributed by atoms with Gasteiger partial charge in [0.05, 0.1) is 4.90 Å². The van der Waals surface area contributed by atoms with Gasteiger partial charge in [-0.25, -0.2) is 13.1 Å². The van der Waals surface area contributed by atoms with Crippen LogP contribution in [0, 0.1) is 0 Å². The number of sulfonamides is 1. The Bertz CT molecular complexity index is 555.